The molecule has 1 unspecified atom stereocenters. The van der Waals surface area contributed by atoms with Gasteiger partial charge in [-0.1, -0.05) is 48.8 Å². The van der Waals surface area contributed by atoms with Crippen LogP contribution in [0, 0.1) is 0 Å². The van der Waals surface area contributed by atoms with Crippen LogP contribution in [0.5, 0.6) is 0 Å². The molecule has 0 spiro atoms. The molecule has 0 rings (SSSR count). The zero-order chi connectivity index (χ0) is 8.04. The maximum atomic E-state index is 13.1. The average Bonchev–Trinajstić information content (AvgIpc) is 1.89. The van der Waals surface area contributed by atoms with Gasteiger partial charge in [0.05, 0.1) is 0 Å². The van der Waals surface area contributed by atoms with Crippen molar-refractivity contribution in [3.63, 3.8) is 0 Å². The molecule has 10 heavy (non-hydrogen) atoms. The number of unbranched alkanes of at least 4 members (excludes halogenated alkanes) is 2. The number of alkyl halides is 2. The van der Waals surface area contributed by atoms with E-state index in [-0.39, 0.29) is 0 Å². The molecule has 0 saturated heterocycles. The van der Waals surface area contributed by atoms with Crippen molar-refractivity contribution in [1.29, 1.82) is 0 Å². The van der Waals surface area contributed by atoms with E-state index >= 15 is 0 Å². The van der Waals surface area contributed by atoms with Crippen LogP contribution in [-0.2, 0) is 0 Å². The summed E-state index contributed by atoms with van der Waals surface area (Å²) in [7, 11) is 0. The van der Waals surface area contributed by atoms with E-state index in [1.54, 1.807) is 6.92 Å². The molecule has 2 heteroatoms. The van der Waals surface area contributed by atoms with Crippen LogP contribution >= 0.6 is 22.6 Å². The van der Waals surface area contributed by atoms with Gasteiger partial charge in [0.1, 0.15) is 5.67 Å². The Morgan fingerprint density at radius 3 is 2.40 bits per heavy atom. The second-order valence-corrected chi connectivity index (χ2v) is 3.77. The van der Waals surface area contributed by atoms with Crippen molar-refractivity contribution in [2.75, 3.05) is 4.43 Å². The highest BCUT2D eigenvalue weighted by atomic mass is 127. The Bertz CT molecular complexity index is 81.3. The minimum atomic E-state index is -0.921. The fourth-order valence-corrected chi connectivity index (χ4v) is 1.19. The van der Waals surface area contributed by atoms with Crippen LogP contribution in [-0.4, -0.2) is 10.1 Å². The summed E-state index contributed by atoms with van der Waals surface area (Å²) < 4.78 is 13.8. The lowest BCUT2D eigenvalue weighted by Crippen LogP contribution is -2.19. The second kappa shape index (κ2) is 5.33. The Balaban J connectivity index is 3.28. The van der Waals surface area contributed by atoms with Crippen LogP contribution in [0.2, 0.25) is 0 Å². The molecule has 0 nitrogen and oxygen atoms in total. The first kappa shape index (κ1) is 10.7. The van der Waals surface area contributed by atoms with Gasteiger partial charge in [-0.15, -0.1) is 0 Å². The number of hydrogen-bond acceptors (Lipinski definition) is 0. The predicted octanol–water partition coefficient (Wildman–Crippen LogP) is 3.73. The Morgan fingerprint density at radius 2 is 2.00 bits per heavy atom. The highest BCUT2D eigenvalue weighted by Crippen LogP contribution is 2.21. The first-order valence-electron chi connectivity index (χ1n) is 3.87. The van der Waals surface area contributed by atoms with E-state index in [0.29, 0.717) is 4.43 Å². The van der Waals surface area contributed by atoms with Crippen LogP contribution in [0.4, 0.5) is 4.39 Å². The van der Waals surface area contributed by atoms with Crippen molar-refractivity contribution in [1.82, 2.24) is 0 Å². The standard InChI is InChI=1S/C8H16FI/c1-3-4-5-6-8(2,9)7-10/h3-7H2,1-2H3. The van der Waals surface area contributed by atoms with Gasteiger partial charge >= 0.3 is 0 Å². The van der Waals surface area contributed by atoms with Crippen molar-refractivity contribution in [2.45, 2.75) is 45.2 Å². The fourth-order valence-electron chi connectivity index (χ4n) is 0.810. The number of rotatable bonds is 5. The van der Waals surface area contributed by atoms with Gasteiger partial charge in [-0.2, -0.15) is 0 Å². The van der Waals surface area contributed by atoms with Crippen LogP contribution < -0.4 is 0 Å². The van der Waals surface area contributed by atoms with E-state index < -0.39 is 5.67 Å². The lowest BCUT2D eigenvalue weighted by Gasteiger charge is -2.15. The van der Waals surface area contributed by atoms with E-state index in [2.05, 4.69) is 29.5 Å². The lowest BCUT2D eigenvalue weighted by molar-refractivity contribution is 0.206. The zero-order valence-electron chi connectivity index (χ0n) is 6.79. The average molecular weight is 258 g/mol. The highest BCUT2D eigenvalue weighted by molar-refractivity contribution is 14.1. The van der Waals surface area contributed by atoms with Crippen molar-refractivity contribution in [3.8, 4) is 0 Å². The van der Waals surface area contributed by atoms with E-state index in [1.807, 2.05) is 0 Å². The summed E-state index contributed by atoms with van der Waals surface area (Å²) in [5.41, 5.74) is -0.921. The molecular weight excluding hydrogens is 242 g/mol. The Morgan fingerprint density at radius 1 is 1.40 bits per heavy atom. The first-order valence-corrected chi connectivity index (χ1v) is 5.40. The normalized spacial score (nSPS) is 16.8. The third-order valence-corrected chi connectivity index (χ3v) is 3.17. The molecule has 0 amide bonds. The van der Waals surface area contributed by atoms with Gasteiger partial charge in [0.25, 0.3) is 0 Å². The molecule has 0 heterocycles. The summed E-state index contributed by atoms with van der Waals surface area (Å²) >= 11 is 2.11. The van der Waals surface area contributed by atoms with Crippen LogP contribution in [0.3, 0.4) is 0 Å². The largest absolute Gasteiger partial charge is 0.243 e. The van der Waals surface area contributed by atoms with E-state index in [0.717, 1.165) is 19.3 Å². The zero-order valence-corrected chi connectivity index (χ0v) is 8.95. The van der Waals surface area contributed by atoms with Gasteiger partial charge in [0.2, 0.25) is 0 Å². The molecule has 0 bridgehead atoms. The van der Waals surface area contributed by atoms with Crippen molar-refractivity contribution in [2.24, 2.45) is 0 Å². The number of halogens is 2. The van der Waals surface area contributed by atoms with Gasteiger partial charge in [-0.3, -0.25) is 0 Å². The second-order valence-electron chi connectivity index (χ2n) is 3.00. The molecule has 0 saturated carbocycles. The maximum absolute atomic E-state index is 13.1. The Hall–Kier alpha value is 0.660. The molecule has 0 aromatic carbocycles. The minimum absolute atomic E-state index is 0.620. The van der Waals surface area contributed by atoms with Gasteiger partial charge in [0.15, 0.2) is 0 Å². The minimum Gasteiger partial charge on any atom is -0.243 e. The van der Waals surface area contributed by atoms with Gasteiger partial charge in [0, 0.05) is 4.43 Å². The van der Waals surface area contributed by atoms with E-state index in [9.17, 15) is 4.39 Å². The van der Waals surface area contributed by atoms with Crippen LogP contribution in [0.1, 0.15) is 39.5 Å². The topological polar surface area (TPSA) is 0 Å². The van der Waals surface area contributed by atoms with Gasteiger partial charge < -0.3 is 0 Å². The van der Waals surface area contributed by atoms with Crippen molar-refractivity contribution >= 4 is 22.6 Å². The molecule has 0 fully saturated rings. The molecule has 0 N–H and O–H groups in total. The molecular formula is C8H16FI. The van der Waals surface area contributed by atoms with E-state index in [4.69, 9.17) is 0 Å². The van der Waals surface area contributed by atoms with Crippen LogP contribution in [0.15, 0.2) is 0 Å². The fraction of sp³-hybridized carbons (Fsp3) is 1.00. The summed E-state index contributed by atoms with van der Waals surface area (Å²) in [6.07, 6.45) is 4.10. The Kier molecular flexibility index (Phi) is 5.68. The molecule has 0 aliphatic rings. The maximum Gasteiger partial charge on any atom is 0.117 e. The summed E-state index contributed by atoms with van der Waals surface area (Å²) in [4.78, 5) is 0. The summed E-state index contributed by atoms with van der Waals surface area (Å²) in [5, 5.41) is 0. The van der Waals surface area contributed by atoms with Crippen molar-refractivity contribution < 1.29 is 4.39 Å². The molecule has 1 atom stereocenters. The van der Waals surface area contributed by atoms with Gasteiger partial charge in [-0.25, -0.2) is 4.39 Å². The molecule has 62 valence electrons. The van der Waals surface area contributed by atoms with Crippen molar-refractivity contribution in [3.05, 3.63) is 0 Å². The summed E-state index contributed by atoms with van der Waals surface area (Å²) in [6.45, 7) is 3.83. The SMILES string of the molecule is CCCCCC(C)(F)CI. The number of hydrogen-bond donors (Lipinski definition) is 0. The first-order chi connectivity index (χ1) is 4.62. The lowest BCUT2D eigenvalue weighted by atomic mass is 10.0. The van der Waals surface area contributed by atoms with Gasteiger partial charge in [-0.05, 0) is 13.3 Å². The summed E-state index contributed by atoms with van der Waals surface area (Å²) in [6, 6.07) is 0. The molecule has 0 aromatic heterocycles. The highest BCUT2D eigenvalue weighted by Gasteiger charge is 2.19. The predicted molar refractivity (Wildman–Crippen MR) is 52.5 cm³/mol. The smallest absolute Gasteiger partial charge is 0.117 e. The molecule has 0 radical (unpaired) electrons. The third-order valence-electron chi connectivity index (χ3n) is 1.58. The summed E-state index contributed by atoms with van der Waals surface area (Å²) in [5.74, 6) is 0. The molecule has 0 aliphatic carbocycles. The Labute approximate surface area is 76.7 Å². The molecule has 0 aromatic rings. The quantitative estimate of drug-likeness (QED) is 0.400. The van der Waals surface area contributed by atoms with Crippen LogP contribution in [0.25, 0.3) is 0 Å². The molecule has 0 aliphatic heterocycles. The van der Waals surface area contributed by atoms with E-state index in [1.165, 1.54) is 6.42 Å². The third kappa shape index (κ3) is 5.45. The monoisotopic (exact) mass is 258 g/mol.